The van der Waals surface area contributed by atoms with Crippen LogP contribution >= 0.6 is 27.3 Å². The van der Waals surface area contributed by atoms with Crippen molar-refractivity contribution < 1.29 is 0 Å². The van der Waals surface area contributed by atoms with Gasteiger partial charge in [-0.05, 0) is 58.6 Å². The summed E-state index contributed by atoms with van der Waals surface area (Å²) in [5.41, 5.74) is 7.92. The standard InChI is InChI=1S/C15H17BrN2S/c16-15-8-7-14(19-15)10-18(13-5-6-13)9-11-1-3-12(17)4-2-11/h1-4,7-8,13H,5-6,9-10,17H2. The van der Waals surface area contributed by atoms with E-state index in [1.54, 1.807) is 0 Å². The quantitative estimate of drug-likeness (QED) is 0.826. The van der Waals surface area contributed by atoms with Crippen molar-refractivity contribution in [3.8, 4) is 0 Å². The van der Waals surface area contributed by atoms with Crippen LogP contribution < -0.4 is 5.73 Å². The molecule has 1 heterocycles. The van der Waals surface area contributed by atoms with Gasteiger partial charge in [-0.2, -0.15) is 0 Å². The summed E-state index contributed by atoms with van der Waals surface area (Å²) in [5, 5.41) is 0. The molecule has 0 radical (unpaired) electrons. The number of hydrogen-bond acceptors (Lipinski definition) is 3. The second-order valence-corrected chi connectivity index (χ2v) is 7.63. The lowest BCUT2D eigenvalue weighted by Gasteiger charge is -2.21. The maximum Gasteiger partial charge on any atom is 0.0701 e. The molecule has 1 saturated carbocycles. The van der Waals surface area contributed by atoms with E-state index in [0.29, 0.717) is 0 Å². The summed E-state index contributed by atoms with van der Waals surface area (Å²) in [5.74, 6) is 0. The minimum absolute atomic E-state index is 0.762. The van der Waals surface area contributed by atoms with Crippen molar-refractivity contribution in [1.82, 2.24) is 4.90 Å². The Balaban J connectivity index is 1.69. The average Bonchev–Trinajstić information content (AvgIpc) is 3.16. The van der Waals surface area contributed by atoms with Gasteiger partial charge < -0.3 is 5.73 Å². The van der Waals surface area contributed by atoms with Gasteiger partial charge in [0, 0.05) is 29.7 Å². The molecule has 1 fully saturated rings. The zero-order chi connectivity index (χ0) is 13.2. The predicted molar refractivity (Wildman–Crippen MR) is 85.1 cm³/mol. The highest BCUT2D eigenvalue weighted by atomic mass is 79.9. The Bertz CT molecular complexity index is 546. The number of nitrogen functional groups attached to an aromatic ring is 1. The number of benzene rings is 1. The second kappa shape index (κ2) is 5.65. The Morgan fingerprint density at radius 1 is 1.11 bits per heavy atom. The zero-order valence-corrected chi connectivity index (χ0v) is 13.1. The minimum Gasteiger partial charge on any atom is -0.399 e. The van der Waals surface area contributed by atoms with Crippen LogP contribution in [0.2, 0.25) is 0 Å². The van der Waals surface area contributed by atoms with Crippen molar-refractivity contribution in [2.24, 2.45) is 0 Å². The SMILES string of the molecule is Nc1ccc(CN(Cc2ccc(Br)s2)C2CC2)cc1. The lowest BCUT2D eigenvalue weighted by molar-refractivity contribution is 0.248. The van der Waals surface area contributed by atoms with E-state index in [9.17, 15) is 0 Å². The second-order valence-electron chi connectivity index (χ2n) is 5.08. The van der Waals surface area contributed by atoms with E-state index in [2.05, 4.69) is 45.1 Å². The topological polar surface area (TPSA) is 29.3 Å². The van der Waals surface area contributed by atoms with Gasteiger partial charge in [-0.3, -0.25) is 4.90 Å². The molecule has 19 heavy (non-hydrogen) atoms. The number of rotatable bonds is 5. The van der Waals surface area contributed by atoms with Gasteiger partial charge in [0.05, 0.1) is 3.79 Å². The molecule has 0 unspecified atom stereocenters. The van der Waals surface area contributed by atoms with E-state index in [0.717, 1.165) is 24.8 Å². The Morgan fingerprint density at radius 3 is 2.42 bits per heavy atom. The van der Waals surface area contributed by atoms with Crippen molar-refractivity contribution in [2.45, 2.75) is 32.0 Å². The molecule has 1 aromatic carbocycles. The number of nitrogens with zero attached hydrogens (tertiary/aromatic N) is 1. The number of thiophene rings is 1. The molecular weight excluding hydrogens is 320 g/mol. The van der Waals surface area contributed by atoms with Crippen molar-refractivity contribution in [1.29, 1.82) is 0 Å². The highest BCUT2D eigenvalue weighted by molar-refractivity contribution is 9.11. The molecule has 0 aliphatic heterocycles. The monoisotopic (exact) mass is 336 g/mol. The lowest BCUT2D eigenvalue weighted by Crippen LogP contribution is -2.24. The first-order valence-electron chi connectivity index (χ1n) is 6.53. The Labute approximate surface area is 126 Å². The number of anilines is 1. The maximum absolute atomic E-state index is 5.74. The largest absolute Gasteiger partial charge is 0.399 e. The maximum atomic E-state index is 5.74. The van der Waals surface area contributed by atoms with E-state index in [1.807, 2.05) is 23.5 Å². The first-order chi connectivity index (χ1) is 9.20. The normalized spacial score (nSPS) is 15.1. The molecule has 0 bridgehead atoms. The Kier molecular flexibility index (Phi) is 3.91. The fourth-order valence-corrected chi connectivity index (χ4v) is 3.76. The van der Waals surface area contributed by atoms with Gasteiger partial charge in [-0.1, -0.05) is 12.1 Å². The van der Waals surface area contributed by atoms with Crippen LogP contribution in [-0.4, -0.2) is 10.9 Å². The molecule has 2 aromatic rings. The van der Waals surface area contributed by atoms with Crippen LogP contribution in [0.1, 0.15) is 23.3 Å². The Morgan fingerprint density at radius 2 is 1.84 bits per heavy atom. The molecular formula is C15H17BrN2S. The molecule has 0 atom stereocenters. The molecule has 0 spiro atoms. The van der Waals surface area contributed by atoms with Crippen LogP contribution in [-0.2, 0) is 13.1 Å². The fourth-order valence-electron chi connectivity index (χ4n) is 2.25. The highest BCUT2D eigenvalue weighted by Crippen LogP contribution is 2.32. The van der Waals surface area contributed by atoms with Crippen molar-refractivity contribution in [3.63, 3.8) is 0 Å². The third kappa shape index (κ3) is 3.59. The summed E-state index contributed by atoms with van der Waals surface area (Å²) in [6.45, 7) is 2.06. The van der Waals surface area contributed by atoms with Crippen LogP contribution in [0.4, 0.5) is 5.69 Å². The molecule has 100 valence electrons. The number of nitrogens with two attached hydrogens (primary N) is 1. The molecule has 0 amide bonds. The van der Waals surface area contributed by atoms with Crippen molar-refractivity contribution in [3.05, 3.63) is 50.6 Å². The van der Waals surface area contributed by atoms with Crippen LogP contribution in [0.15, 0.2) is 40.2 Å². The summed E-state index contributed by atoms with van der Waals surface area (Å²) in [7, 11) is 0. The zero-order valence-electron chi connectivity index (χ0n) is 10.7. The van der Waals surface area contributed by atoms with E-state index >= 15 is 0 Å². The third-order valence-electron chi connectivity index (χ3n) is 3.42. The molecule has 0 saturated heterocycles. The van der Waals surface area contributed by atoms with Crippen LogP contribution in [0, 0.1) is 0 Å². The molecule has 1 aliphatic carbocycles. The van der Waals surface area contributed by atoms with Gasteiger partial charge in [-0.25, -0.2) is 0 Å². The van der Waals surface area contributed by atoms with Crippen molar-refractivity contribution in [2.75, 3.05) is 5.73 Å². The summed E-state index contributed by atoms with van der Waals surface area (Å²) in [6.07, 6.45) is 2.67. The van der Waals surface area contributed by atoms with Crippen molar-refractivity contribution >= 4 is 33.0 Å². The number of hydrogen-bond donors (Lipinski definition) is 1. The first-order valence-corrected chi connectivity index (χ1v) is 8.14. The fraction of sp³-hybridized carbons (Fsp3) is 0.333. The lowest BCUT2D eigenvalue weighted by atomic mass is 10.2. The average molecular weight is 337 g/mol. The molecule has 1 aromatic heterocycles. The summed E-state index contributed by atoms with van der Waals surface area (Å²) >= 11 is 5.36. The van der Waals surface area contributed by atoms with E-state index < -0.39 is 0 Å². The number of halogens is 1. The Hall–Kier alpha value is -0.840. The summed E-state index contributed by atoms with van der Waals surface area (Å²) < 4.78 is 1.21. The van der Waals surface area contributed by atoms with Gasteiger partial charge >= 0.3 is 0 Å². The molecule has 2 nitrogen and oxygen atoms in total. The minimum atomic E-state index is 0.762. The first kappa shape index (κ1) is 13.2. The van der Waals surface area contributed by atoms with Gasteiger partial charge in [0.15, 0.2) is 0 Å². The van der Waals surface area contributed by atoms with Crippen LogP contribution in [0.3, 0.4) is 0 Å². The van der Waals surface area contributed by atoms with Gasteiger partial charge in [0.1, 0.15) is 0 Å². The van der Waals surface area contributed by atoms with Crippen LogP contribution in [0.25, 0.3) is 0 Å². The van der Waals surface area contributed by atoms with Crippen LogP contribution in [0.5, 0.6) is 0 Å². The van der Waals surface area contributed by atoms with Gasteiger partial charge in [0.2, 0.25) is 0 Å². The predicted octanol–water partition coefficient (Wildman–Crippen LogP) is 4.26. The molecule has 3 rings (SSSR count). The molecule has 2 N–H and O–H groups in total. The van der Waals surface area contributed by atoms with Gasteiger partial charge in [0.25, 0.3) is 0 Å². The smallest absolute Gasteiger partial charge is 0.0701 e. The third-order valence-corrected chi connectivity index (χ3v) is 5.02. The van der Waals surface area contributed by atoms with E-state index in [-0.39, 0.29) is 0 Å². The van der Waals surface area contributed by atoms with E-state index in [1.165, 1.54) is 27.1 Å². The molecule has 1 aliphatic rings. The summed E-state index contributed by atoms with van der Waals surface area (Å²) in [4.78, 5) is 4.00. The van der Waals surface area contributed by atoms with Gasteiger partial charge in [-0.15, -0.1) is 11.3 Å². The van der Waals surface area contributed by atoms with E-state index in [4.69, 9.17) is 5.73 Å². The highest BCUT2D eigenvalue weighted by Gasteiger charge is 2.29. The summed E-state index contributed by atoms with van der Waals surface area (Å²) in [6, 6.07) is 13.4. The molecule has 4 heteroatoms.